The third kappa shape index (κ3) is 3.64. The van der Waals surface area contributed by atoms with E-state index in [0.29, 0.717) is 11.3 Å². The van der Waals surface area contributed by atoms with Crippen LogP contribution in [0.1, 0.15) is 42.0 Å². The summed E-state index contributed by atoms with van der Waals surface area (Å²) >= 11 is 0. The molecule has 1 saturated heterocycles. The SMILES string of the molecule is O=C(NN=Cc1ccc(N2CCCCCC2)o1)c1cc2ccccc2o1. The van der Waals surface area contributed by atoms with Crippen LogP contribution in [0.2, 0.25) is 0 Å². The second-order valence-corrected chi connectivity index (χ2v) is 6.42. The molecule has 1 fully saturated rings. The number of carbonyl (C=O) groups excluding carboxylic acids is 1. The number of carbonyl (C=O) groups is 1. The van der Waals surface area contributed by atoms with Crippen LogP contribution in [0, 0.1) is 0 Å². The van der Waals surface area contributed by atoms with Gasteiger partial charge in [0.2, 0.25) is 0 Å². The summed E-state index contributed by atoms with van der Waals surface area (Å²) in [6.45, 7) is 2.04. The number of nitrogens with one attached hydrogen (secondary N) is 1. The molecule has 0 unspecified atom stereocenters. The van der Waals surface area contributed by atoms with Gasteiger partial charge in [-0.25, -0.2) is 5.43 Å². The number of para-hydroxylation sites is 1. The van der Waals surface area contributed by atoms with Gasteiger partial charge in [-0.15, -0.1) is 0 Å². The Kier molecular flexibility index (Phi) is 4.73. The molecule has 1 aromatic carbocycles. The third-order valence-electron chi connectivity index (χ3n) is 4.54. The van der Waals surface area contributed by atoms with Crippen molar-refractivity contribution in [2.24, 2.45) is 5.10 Å². The first-order valence-electron chi connectivity index (χ1n) is 8.96. The van der Waals surface area contributed by atoms with Crippen LogP contribution in [-0.2, 0) is 0 Å². The van der Waals surface area contributed by atoms with Gasteiger partial charge in [-0.2, -0.15) is 5.10 Å². The summed E-state index contributed by atoms with van der Waals surface area (Å²) in [5, 5.41) is 4.85. The molecule has 1 amide bonds. The molecule has 134 valence electrons. The second-order valence-electron chi connectivity index (χ2n) is 6.42. The highest BCUT2D eigenvalue weighted by Gasteiger charge is 2.13. The lowest BCUT2D eigenvalue weighted by Crippen LogP contribution is -2.23. The lowest BCUT2D eigenvalue weighted by Gasteiger charge is -2.18. The molecule has 0 atom stereocenters. The van der Waals surface area contributed by atoms with Crippen LogP contribution >= 0.6 is 0 Å². The van der Waals surface area contributed by atoms with Crippen LogP contribution < -0.4 is 10.3 Å². The molecule has 4 rings (SSSR count). The maximum absolute atomic E-state index is 12.1. The fraction of sp³-hybridized carbons (Fsp3) is 0.300. The number of furan rings is 2. The molecule has 3 heterocycles. The van der Waals surface area contributed by atoms with Crippen molar-refractivity contribution < 1.29 is 13.6 Å². The lowest BCUT2D eigenvalue weighted by molar-refractivity contribution is 0.0929. The zero-order chi connectivity index (χ0) is 17.8. The average Bonchev–Trinajstić information content (AvgIpc) is 3.21. The van der Waals surface area contributed by atoms with Crippen LogP contribution in [0.3, 0.4) is 0 Å². The number of rotatable bonds is 4. The monoisotopic (exact) mass is 351 g/mol. The van der Waals surface area contributed by atoms with E-state index >= 15 is 0 Å². The van der Waals surface area contributed by atoms with E-state index < -0.39 is 5.91 Å². The maximum atomic E-state index is 12.1. The molecule has 1 N–H and O–H groups in total. The van der Waals surface area contributed by atoms with Gasteiger partial charge in [0.05, 0.1) is 6.21 Å². The van der Waals surface area contributed by atoms with Crippen LogP contribution in [0.4, 0.5) is 5.88 Å². The quantitative estimate of drug-likeness (QED) is 0.566. The van der Waals surface area contributed by atoms with Crippen LogP contribution in [-0.4, -0.2) is 25.2 Å². The smallest absolute Gasteiger partial charge is 0.307 e. The minimum absolute atomic E-state index is 0.230. The highest BCUT2D eigenvalue weighted by Crippen LogP contribution is 2.21. The van der Waals surface area contributed by atoms with E-state index in [9.17, 15) is 4.79 Å². The van der Waals surface area contributed by atoms with E-state index in [-0.39, 0.29) is 5.76 Å². The molecule has 0 spiro atoms. The number of nitrogens with zero attached hydrogens (tertiary/aromatic N) is 2. The minimum atomic E-state index is -0.392. The van der Waals surface area contributed by atoms with Gasteiger partial charge in [-0.1, -0.05) is 31.0 Å². The molecular formula is C20H21N3O3. The van der Waals surface area contributed by atoms with Crippen molar-refractivity contribution in [3.05, 3.63) is 54.0 Å². The summed E-state index contributed by atoms with van der Waals surface area (Å²) in [7, 11) is 0. The Morgan fingerprint density at radius 2 is 1.85 bits per heavy atom. The Morgan fingerprint density at radius 3 is 2.65 bits per heavy atom. The van der Waals surface area contributed by atoms with E-state index in [0.717, 1.165) is 24.4 Å². The predicted octanol–water partition coefficient (Wildman–Crippen LogP) is 4.17. The first-order valence-corrected chi connectivity index (χ1v) is 8.96. The first-order chi connectivity index (χ1) is 12.8. The van der Waals surface area contributed by atoms with Gasteiger partial charge in [-0.05, 0) is 31.0 Å². The standard InChI is InChI=1S/C20H21N3O3/c24-20(18-13-15-7-3-4-8-17(15)26-18)22-21-14-16-9-10-19(25-16)23-11-5-1-2-6-12-23/h3-4,7-10,13-14H,1-2,5-6,11-12H2,(H,22,24). The minimum Gasteiger partial charge on any atom is -0.451 e. The summed E-state index contributed by atoms with van der Waals surface area (Å²) in [6, 6.07) is 13.0. The number of benzene rings is 1. The highest BCUT2D eigenvalue weighted by molar-refractivity contribution is 5.96. The van der Waals surface area contributed by atoms with Crippen molar-refractivity contribution in [1.82, 2.24) is 5.43 Å². The molecule has 1 aliphatic heterocycles. The molecular weight excluding hydrogens is 330 g/mol. The van der Waals surface area contributed by atoms with E-state index in [4.69, 9.17) is 8.83 Å². The predicted molar refractivity (Wildman–Crippen MR) is 101 cm³/mol. The molecule has 6 nitrogen and oxygen atoms in total. The Balaban J connectivity index is 1.38. The van der Waals surface area contributed by atoms with Crippen molar-refractivity contribution in [1.29, 1.82) is 0 Å². The topological polar surface area (TPSA) is 71.0 Å². The Hall–Kier alpha value is -3.02. The number of hydrogen-bond donors (Lipinski definition) is 1. The zero-order valence-electron chi connectivity index (χ0n) is 14.5. The summed E-state index contributed by atoms with van der Waals surface area (Å²) in [5.74, 6) is 1.30. The summed E-state index contributed by atoms with van der Waals surface area (Å²) in [4.78, 5) is 14.4. The van der Waals surface area contributed by atoms with Crippen LogP contribution in [0.25, 0.3) is 11.0 Å². The van der Waals surface area contributed by atoms with Crippen LogP contribution in [0.5, 0.6) is 0 Å². The van der Waals surface area contributed by atoms with Crippen molar-refractivity contribution in [3.8, 4) is 0 Å². The molecule has 6 heteroatoms. The molecule has 1 aliphatic rings. The van der Waals surface area contributed by atoms with E-state index in [2.05, 4.69) is 15.4 Å². The van der Waals surface area contributed by atoms with Crippen LogP contribution in [0.15, 0.2) is 56.4 Å². The molecule has 0 bridgehead atoms. The van der Waals surface area contributed by atoms with Gasteiger partial charge in [0.1, 0.15) is 11.3 Å². The number of hydrazone groups is 1. The first kappa shape index (κ1) is 16.4. The fourth-order valence-electron chi connectivity index (χ4n) is 3.18. The van der Waals surface area contributed by atoms with Crippen molar-refractivity contribution in [3.63, 3.8) is 0 Å². The fourth-order valence-corrected chi connectivity index (χ4v) is 3.18. The largest absolute Gasteiger partial charge is 0.451 e. The number of amides is 1. The molecule has 0 saturated carbocycles. The van der Waals surface area contributed by atoms with Crippen molar-refractivity contribution in [2.75, 3.05) is 18.0 Å². The van der Waals surface area contributed by atoms with Gasteiger partial charge in [0.15, 0.2) is 11.6 Å². The summed E-state index contributed by atoms with van der Waals surface area (Å²) in [6.07, 6.45) is 6.44. The Morgan fingerprint density at radius 1 is 1.04 bits per heavy atom. The average molecular weight is 351 g/mol. The van der Waals surface area contributed by atoms with Gasteiger partial charge < -0.3 is 13.7 Å². The van der Waals surface area contributed by atoms with Gasteiger partial charge in [0.25, 0.3) is 0 Å². The molecule has 3 aromatic rings. The summed E-state index contributed by atoms with van der Waals surface area (Å²) < 4.78 is 11.3. The van der Waals surface area contributed by atoms with E-state index in [1.807, 2.05) is 36.4 Å². The zero-order valence-corrected chi connectivity index (χ0v) is 14.5. The number of anilines is 1. The lowest BCUT2D eigenvalue weighted by atomic mass is 10.2. The van der Waals surface area contributed by atoms with Gasteiger partial charge in [0, 0.05) is 24.5 Å². The van der Waals surface area contributed by atoms with Crippen molar-refractivity contribution in [2.45, 2.75) is 25.7 Å². The maximum Gasteiger partial charge on any atom is 0.307 e. The summed E-state index contributed by atoms with van der Waals surface area (Å²) in [5.41, 5.74) is 3.15. The number of hydrogen-bond acceptors (Lipinski definition) is 5. The Bertz CT molecular complexity index is 884. The third-order valence-corrected chi connectivity index (χ3v) is 4.54. The highest BCUT2D eigenvalue weighted by atomic mass is 16.4. The molecule has 0 aliphatic carbocycles. The van der Waals surface area contributed by atoms with E-state index in [1.54, 1.807) is 6.07 Å². The number of fused-ring (bicyclic) bond motifs is 1. The molecule has 0 radical (unpaired) electrons. The van der Waals surface area contributed by atoms with Crippen molar-refractivity contribution >= 4 is 29.0 Å². The molecule has 2 aromatic heterocycles. The Labute approximate surface area is 151 Å². The van der Waals surface area contributed by atoms with Gasteiger partial charge >= 0.3 is 5.91 Å². The van der Waals surface area contributed by atoms with E-state index in [1.165, 1.54) is 31.9 Å². The van der Waals surface area contributed by atoms with Gasteiger partial charge in [-0.3, -0.25) is 4.79 Å². The molecule has 26 heavy (non-hydrogen) atoms. The second kappa shape index (κ2) is 7.47. The normalized spacial score (nSPS) is 15.5.